The lowest BCUT2D eigenvalue weighted by Gasteiger charge is -2.24. The van der Waals surface area contributed by atoms with Crippen LogP contribution in [0, 0.1) is 0 Å². The van der Waals surface area contributed by atoms with E-state index in [9.17, 15) is 13.2 Å². The van der Waals surface area contributed by atoms with E-state index in [0.29, 0.717) is 13.1 Å². The number of amides is 1. The van der Waals surface area contributed by atoms with Crippen LogP contribution in [0.5, 0.6) is 0 Å². The zero-order chi connectivity index (χ0) is 20.0. The van der Waals surface area contributed by atoms with Crippen LogP contribution in [0.2, 0.25) is 0 Å². The van der Waals surface area contributed by atoms with Gasteiger partial charge in [-0.05, 0) is 30.2 Å². The average Bonchev–Trinajstić information content (AvgIpc) is 2.95. The zero-order valence-corrected chi connectivity index (χ0v) is 16.9. The molecule has 1 aromatic heterocycles. The third kappa shape index (κ3) is 5.15. The summed E-state index contributed by atoms with van der Waals surface area (Å²) in [5.74, 6) is -0.162. The Morgan fingerprint density at radius 2 is 1.86 bits per heavy atom. The number of hydrogen-bond donors (Lipinski definition) is 0. The van der Waals surface area contributed by atoms with Crippen molar-refractivity contribution in [1.82, 2.24) is 19.1 Å². The lowest BCUT2D eigenvalue weighted by atomic mass is 10.2. The topological polar surface area (TPSA) is 73.8 Å². The Kier molecular flexibility index (Phi) is 6.77. The van der Waals surface area contributed by atoms with Crippen LogP contribution in [-0.2, 0) is 21.4 Å². The maximum atomic E-state index is 12.7. The van der Waals surface area contributed by atoms with E-state index in [1.807, 2.05) is 18.3 Å². The van der Waals surface area contributed by atoms with Crippen LogP contribution in [0.25, 0.3) is 0 Å². The van der Waals surface area contributed by atoms with E-state index in [0.717, 1.165) is 35.9 Å². The number of nitrogens with zero attached hydrogens (tertiary/aromatic N) is 4. The van der Waals surface area contributed by atoms with Crippen molar-refractivity contribution in [3.8, 4) is 0 Å². The van der Waals surface area contributed by atoms with Crippen LogP contribution in [0.1, 0.15) is 12.0 Å². The molecule has 0 radical (unpaired) electrons. The predicted octanol–water partition coefficient (Wildman–Crippen LogP) is 1.44. The summed E-state index contributed by atoms with van der Waals surface area (Å²) in [6, 6.07) is 12.2. The SMILES string of the molecule is CN(CC(=O)N1CCCN(Cc2cccnc2)CC1)S(=O)(=O)c1ccccc1. The number of likely N-dealkylation sites (N-methyl/N-ethyl adjacent to an activating group) is 1. The van der Waals surface area contributed by atoms with Gasteiger partial charge in [0.1, 0.15) is 0 Å². The van der Waals surface area contributed by atoms with Crippen LogP contribution < -0.4 is 0 Å². The highest BCUT2D eigenvalue weighted by Gasteiger charge is 2.26. The van der Waals surface area contributed by atoms with Gasteiger partial charge in [-0.2, -0.15) is 4.31 Å². The number of sulfonamides is 1. The molecule has 0 saturated carbocycles. The van der Waals surface area contributed by atoms with Gasteiger partial charge in [-0.25, -0.2) is 8.42 Å². The summed E-state index contributed by atoms with van der Waals surface area (Å²) in [6.07, 6.45) is 4.48. The molecule has 3 rings (SSSR count). The summed E-state index contributed by atoms with van der Waals surface area (Å²) in [6.45, 7) is 3.55. The molecule has 8 heteroatoms. The Morgan fingerprint density at radius 3 is 2.57 bits per heavy atom. The molecule has 1 fully saturated rings. The van der Waals surface area contributed by atoms with E-state index in [2.05, 4.69) is 9.88 Å². The third-order valence-corrected chi connectivity index (χ3v) is 6.70. The number of pyridine rings is 1. The van der Waals surface area contributed by atoms with Crippen molar-refractivity contribution in [3.63, 3.8) is 0 Å². The van der Waals surface area contributed by atoms with E-state index in [1.165, 1.54) is 7.05 Å². The van der Waals surface area contributed by atoms with Gasteiger partial charge in [-0.3, -0.25) is 14.7 Å². The Balaban J connectivity index is 1.56. The van der Waals surface area contributed by atoms with Crippen molar-refractivity contribution in [2.45, 2.75) is 17.9 Å². The highest BCUT2D eigenvalue weighted by atomic mass is 32.2. The molecule has 7 nitrogen and oxygen atoms in total. The molecule has 0 atom stereocenters. The van der Waals surface area contributed by atoms with E-state index in [4.69, 9.17) is 0 Å². The molecule has 0 N–H and O–H groups in total. The minimum absolute atomic E-state index is 0.153. The van der Waals surface area contributed by atoms with Crippen molar-refractivity contribution in [1.29, 1.82) is 0 Å². The monoisotopic (exact) mass is 402 g/mol. The predicted molar refractivity (Wildman–Crippen MR) is 107 cm³/mol. The van der Waals surface area contributed by atoms with Gasteiger partial charge in [0.2, 0.25) is 15.9 Å². The quantitative estimate of drug-likeness (QED) is 0.731. The number of benzene rings is 1. The first-order valence-corrected chi connectivity index (χ1v) is 10.8. The maximum Gasteiger partial charge on any atom is 0.243 e. The first kappa shape index (κ1) is 20.4. The fourth-order valence-corrected chi connectivity index (χ4v) is 4.42. The van der Waals surface area contributed by atoms with Gasteiger partial charge in [0.05, 0.1) is 11.4 Å². The second-order valence-electron chi connectivity index (χ2n) is 6.95. The van der Waals surface area contributed by atoms with Gasteiger partial charge in [-0.15, -0.1) is 0 Å². The van der Waals surface area contributed by atoms with Crippen molar-refractivity contribution in [2.75, 3.05) is 39.8 Å². The molecule has 1 amide bonds. The summed E-state index contributed by atoms with van der Waals surface area (Å²) >= 11 is 0. The van der Waals surface area contributed by atoms with Gasteiger partial charge in [0.15, 0.2) is 0 Å². The molecule has 0 aliphatic carbocycles. The molecule has 0 bridgehead atoms. The minimum Gasteiger partial charge on any atom is -0.340 e. The van der Waals surface area contributed by atoms with Crippen molar-refractivity contribution < 1.29 is 13.2 Å². The molecule has 150 valence electrons. The third-order valence-electron chi connectivity index (χ3n) is 4.88. The Morgan fingerprint density at radius 1 is 1.07 bits per heavy atom. The highest BCUT2D eigenvalue weighted by Crippen LogP contribution is 2.14. The average molecular weight is 403 g/mol. The summed E-state index contributed by atoms with van der Waals surface area (Å²) < 4.78 is 26.4. The fourth-order valence-electron chi connectivity index (χ4n) is 3.28. The standard InChI is InChI=1S/C20H26N4O3S/c1-22(28(26,27)19-8-3-2-4-9-19)17-20(25)24-12-6-11-23(13-14-24)16-18-7-5-10-21-15-18/h2-5,7-10,15H,6,11-14,16-17H2,1H3. The minimum atomic E-state index is -3.66. The number of rotatable bonds is 6. The zero-order valence-electron chi connectivity index (χ0n) is 16.1. The summed E-state index contributed by atoms with van der Waals surface area (Å²) in [5, 5.41) is 0. The number of hydrogen-bond acceptors (Lipinski definition) is 5. The van der Waals surface area contributed by atoms with Gasteiger partial charge < -0.3 is 4.90 Å². The molecular formula is C20H26N4O3S. The lowest BCUT2D eigenvalue weighted by molar-refractivity contribution is -0.131. The van der Waals surface area contributed by atoms with Crippen LogP contribution in [0.3, 0.4) is 0 Å². The molecule has 0 unspecified atom stereocenters. The van der Waals surface area contributed by atoms with Crippen molar-refractivity contribution >= 4 is 15.9 Å². The van der Waals surface area contributed by atoms with Crippen LogP contribution in [0.4, 0.5) is 0 Å². The highest BCUT2D eigenvalue weighted by molar-refractivity contribution is 7.89. The van der Waals surface area contributed by atoms with E-state index < -0.39 is 10.0 Å². The van der Waals surface area contributed by atoms with Crippen LogP contribution >= 0.6 is 0 Å². The Labute approximate surface area is 166 Å². The molecule has 0 spiro atoms. The number of carbonyl (C=O) groups excluding carboxylic acids is 1. The number of aromatic nitrogens is 1. The van der Waals surface area contributed by atoms with Crippen LogP contribution in [0.15, 0.2) is 59.8 Å². The Hall–Kier alpha value is -2.29. The summed E-state index contributed by atoms with van der Waals surface area (Å²) in [4.78, 5) is 21.1. The van der Waals surface area contributed by atoms with E-state index >= 15 is 0 Å². The molecular weight excluding hydrogens is 376 g/mol. The molecule has 2 aromatic rings. The van der Waals surface area contributed by atoms with Gasteiger partial charge >= 0.3 is 0 Å². The molecule has 1 aromatic carbocycles. The summed E-state index contributed by atoms with van der Waals surface area (Å²) in [7, 11) is -2.21. The molecule has 1 saturated heterocycles. The van der Waals surface area contributed by atoms with Gasteiger partial charge in [-0.1, -0.05) is 24.3 Å². The first-order valence-electron chi connectivity index (χ1n) is 9.37. The van der Waals surface area contributed by atoms with Gasteiger partial charge in [0.25, 0.3) is 0 Å². The second-order valence-corrected chi connectivity index (χ2v) is 8.99. The smallest absolute Gasteiger partial charge is 0.243 e. The Bertz CT molecular complexity index is 875. The van der Waals surface area contributed by atoms with Crippen molar-refractivity contribution in [3.05, 3.63) is 60.4 Å². The molecule has 1 aliphatic rings. The largest absolute Gasteiger partial charge is 0.340 e. The second kappa shape index (κ2) is 9.27. The van der Waals surface area contributed by atoms with Crippen LogP contribution in [-0.4, -0.2) is 73.2 Å². The van der Waals surface area contributed by atoms with E-state index in [1.54, 1.807) is 41.4 Å². The first-order chi connectivity index (χ1) is 13.5. The fraction of sp³-hybridized carbons (Fsp3) is 0.400. The maximum absolute atomic E-state index is 12.7. The van der Waals surface area contributed by atoms with E-state index in [-0.39, 0.29) is 17.3 Å². The molecule has 2 heterocycles. The van der Waals surface area contributed by atoms with Crippen molar-refractivity contribution in [2.24, 2.45) is 0 Å². The lowest BCUT2D eigenvalue weighted by Crippen LogP contribution is -2.42. The molecule has 1 aliphatic heterocycles. The number of carbonyl (C=O) groups is 1. The van der Waals surface area contributed by atoms with Gasteiger partial charge in [0, 0.05) is 52.2 Å². The molecule has 28 heavy (non-hydrogen) atoms. The normalized spacial score (nSPS) is 16.1. The summed E-state index contributed by atoms with van der Waals surface area (Å²) in [5.41, 5.74) is 1.15.